The van der Waals surface area contributed by atoms with E-state index >= 15 is 0 Å². The van der Waals surface area contributed by atoms with Gasteiger partial charge in [-0.05, 0) is 39.9 Å². The average molecular weight is 418 g/mol. The number of carbonyl (C=O) groups is 1. The molecular formula is C13H15BrCl2O4S. The predicted molar refractivity (Wildman–Crippen MR) is 86.5 cm³/mol. The molecule has 0 aliphatic carbocycles. The van der Waals surface area contributed by atoms with Crippen LogP contribution in [0.5, 0.6) is 0 Å². The molecule has 21 heavy (non-hydrogen) atoms. The molecule has 1 rings (SSSR count). The Labute approximate surface area is 142 Å². The Hall–Kier alpha value is -0.300. The number of carbonyl (C=O) groups excluding carboxylic acids is 1. The van der Waals surface area contributed by atoms with E-state index in [2.05, 4.69) is 15.9 Å². The van der Waals surface area contributed by atoms with Crippen LogP contribution in [0.4, 0.5) is 0 Å². The molecule has 0 aliphatic rings. The van der Waals surface area contributed by atoms with Gasteiger partial charge in [-0.25, -0.2) is 13.2 Å². The Balaban J connectivity index is 3.02. The monoisotopic (exact) mass is 416 g/mol. The van der Waals surface area contributed by atoms with Gasteiger partial charge in [0.2, 0.25) is 0 Å². The first-order valence-corrected chi connectivity index (χ1v) is 9.51. The molecule has 0 aromatic heterocycles. The number of hydrogen-bond donors (Lipinski definition) is 0. The fourth-order valence-corrected chi connectivity index (χ4v) is 2.96. The summed E-state index contributed by atoms with van der Waals surface area (Å²) in [7, 11) is 1.31. The van der Waals surface area contributed by atoms with E-state index in [0.29, 0.717) is 6.42 Å². The zero-order valence-electron chi connectivity index (χ0n) is 11.7. The van der Waals surface area contributed by atoms with Crippen molar-refractivity contribution in [1.29, 1.82) is 0 Å². The zero-order chi connectivity index (χ0) is 16.4. The van der Waals surface area contributed by atoms with Gasteiger partial charge in [0.1, 0.15) is 0 Å². The number of benzene rings is 1. The maximum atomic E-state index is 12.0. The first-order valence-electron chi connectivity index (χ1n) is 6.02. The van der Waals surface area contributed by atoms with Crippen molar-refractivity contribution in [2.45, 2.75) is 32.1 Å². The second-order valence-electron chi connectivity index (χ2n) is 5.65. The minimum Gasteiger partial charge on any atom is -0.462 e. The number of halogens is 3. The van der Waals surface area contributed by atoms with Gasteiger partial charge in [-0.15, -0.1) is 0 Å². The van der Waals surface area contributed by atoms with Crippen molar-refractivity contribution in [3.8, 4) is 0 Å². The second kappa shape index (κ2) is 6.86. The van der Waals surface area contributed by atoms with Crippen molar-refractivity contribution in [2.24, 2.45) is 5.41 Å². The summed E-state index contributed by atoms with van der Waals surface area (Å²) < 4.78 is 28.1. The summed E-state index contributed by atoms with van der Waals surface area (Å²) in [5.74, 6) is -0.688. The van der Waals surface area contributed by atoms with Gasteiger partial charge in [-0.2, -0.15) is 0 Å². The van der Waals surface area contributed by atoms with E-state index in [4.69, 9.17) is 27.0 Å². The quantitative estimate of drug-likeness (QED) is 0.529. The highest BCUT2D eigenvalue weighted by atomic mass is 79.9. The van der Waals surface area contributed by atoms with Crippen LogP contribution in [-0.4, -0.2) is 21.0 Å². The van der Waals surface area contributed by atoms with Crippen LogP contribution in [0.1, 0.15) is 37.6 Å². The summed E-state index contributed by atoms with van der Waals surface area (Å²) in [6.45, 7) is 6.27. The number of rotatable bonds is 4. The Kier molecular flexibility index (Phi) is 6.12. The lowest BCUT2D eigenvalue weighted by Crippen LogP contribution is -2.14. The summed E-state index contributed by atoms with van der Waals surface area (Å²) in [6.07, 6.45) is 0.672. The van der Waals surface area contributed by atoms with E-state index in [1.54, 1.807) is 0 Å². The normalized spacial score (nSPS) is 12.3. The Morgan fingerprint density at radius 2 is 1.90 bits per heavy atom. The molecule has 0 spiro atoms. The van der Waals surface area contributed by atoms with Crippen molar-refractivity contribution in [1.82, 2.24) is 0 Å². The van der Waals surface area contributed by atoms with Crippen molar-refractivity contribution in [3.63, 3.8) is 0 Å². The maximum Gasteiger partial charge on any atom is 0.339 e. The van der Waals surface area contributed by atoms with E-state index in [9.17, 15) is 13.2 Å². The first-order chi connectivity index (χ1) is 9.42. The van der Waals surface area contributed by atoms with Gasteiger partial charge in [-0.3, -0.25) is 0 Å². The summed E-state index contributed by atoms with van der Waals surface area (Å²) in [4.78, 5) is 11.8. The zero-order valence-corrected chi connectivity index (χ0v) is 15.7. The van der Waals surface area contributed by atoms with Crippen molar-refractivity contribution in [2.75, 3.05) is 6.61 Å². The van der Waals surface area contributed by atoms with Gasteiger partial charge >= 0.3 is 5.97 Å². The standard InChI is InChI=1S/C13H15BrCl2O4S/c1-13(2,3)4-5-20-12(17)9-6-8(21(16,18)19)7-10(14)11(9)15/h6-7H,4-5H2,1-3H3. The number of hydrogen-bond acceptors (Lipinski definition) is 4. The Morgan fingerprint density at radius 3 is 2.38 bits per heavy atom. The van der Waals surface area contributed by atoms with E-state index in [1.165, 1.54) is 6.07 Å². The second-order valence-corrected chi connectivity index (χ2v) is 9.45. The SMILES string of the molecule is CC(C)(C)CCOC(=O)c1cc(S(=O)(=O)Cl)cc(Br)c1Cl. The van der Waals surface area contributed by atoms with Crippen molar-refractivity contribution < 1.29 is 17.9 Å². The molecule has 0 bridgehead atoms. The van der Waals surface area contributed by atoms with E-state index < -0.39 is 15.0 Å². The highest BCUT2D eigenvalue weighted by Crippen LogP contribution is 2.31. The third kappa shape index (κ3) is 5.77. The molecule has 0 fully saturated rings. The highest BCUT2D eigenvalue weighted by molar-refractivity contribution is 9.10. The summed E-state index contributed by atoms with van der Waals surface area (Å²) in [5.41, 5.74) is -0.0226. The molecule has 0 N–H and O–H groups in total. The molecule has 0 radical (unpaired) electrons. The van der Waals surface area contributed by atoms with E-state index in [0.717, 1.165) is 6.07 Å². The van der Waals surface area contributed by atoms with Crippen LogP contribution in [0.25, 0.3) is 0 Å². The largest absolute Gasteiger partial charge is 0.462 e. The van der Waals surface area contributed by atoms with Crippen molar-refractivity contribution >= 4 is 53.2 Å². The Bertz CT molecular complexity index is 651. The van der Waals surface area contributed by atoms with Crippen LogP contribution in [0.15, 0.2) is 21.5 Å². The lowest BCUT2D eigenvalue weighted by atomic mass is 9.93. The van der Waals surface area contributed by atoms with Crippen LogP contribution in [0.2, 0.25) is 5.02 Å². The maximum absolute atomic E-state index is 12.0. The molecule has 0 amide bonds. The van der Waals surface area contributed by atoms with Crippen LogP contribution in [0.3, 0.4) is 0 Å². The molecule has 0 saturated carbocycles. The summed E-state index contributed by atoms with van der Waals surface area (Å²) in [6, 6.07) is 2.34. The molecule has 8 heteroatoms. The molecule has 4 nitrogen and oxygen atoms in total. The topological polar surface area (TPSA) is 60.4 Å². The molecule has 0 unspecified atom stereocenters. The number of esters is 1. The molecular weight excluding hydrogens is 403 g/mol. The van der Waals surface area contributed by atoms with Gasteiger partial charge in [0.05, 0.1) is 22.1 Å². The summed E-state index contributed by atoms with van der Waals surface area (Å²) in [5, 5.41) is 0.0832. The highest BCUT2D eigenvalue weighted by Gasteiger charge is 2.21. The minimum atomic E-state index is -3.97. The first kappa shape index (κ1) is 18.7. The van der Waals surface area contributed by atoms with Crippen LogP contribution in [-0.2, 0) is 13.8 Å². The molecule has 0 atom stereocenters. The van der Waals surface area contributed by atoms with Gasteiger partial charge in [0.25, 0.3) is 9.05 Å². The van der Waals surface area contributed by atoms with E-state index in [-0.39, 0.29) is 32.0 Å². The van der Waals surface area contributed by atoms with Crippen LogP contribution in [0, 0.1) is 5.41 Å². The fraction of sp³-hybridized carbons (Fsp3) is 0.462. The Morgan fingerprint density at radius 1 is 1.33 bits per heavy atom. The van der Waals surface area contributed by atoms with Gasteiger partial charge in [0.15, 0.2) is 0 Å². The molecule has 1 aromatic rings. The molecule has 118 valence electrons. The summed E-state index contributed by atoms with van der Waals surface area (Å²) >= 11 is 9.09. The van der Waals surface area contributed by atoms with Crippen molar-refractivity contribution in [3.05, 3.63) is 27.2 Å². The van der Waals surface area contributed by atoms with E-state index in [1.807, 2.05) is 20.8 Å². The third-order valence-electron chi connectivity index (χ3n) is 2.59. The molecule has 0 heterocycles. The van der Waals surface area contributed by atoms with Crippen LogP contribution < -0.4 is 0 Å². The minimum absolute atomic E-state index is 0.0198. The molecule has 0 saturated heterocycles. The van der Waals surface area contributed by atoms with Crippen LogP contribution >= 0.6 is 38.2 Å². The van der Waals surface area contributed by atoms with Gasteiger partial charge < -0.3 is 4.74 Å². The molecule has 0 aliphatic heterocycles. The lowest BCUT2D eigenvalue weighted by Gasteiger charge is -2.17. The van der Waals surface area contributed by atoms with Gasteiger partial charge in [-0.1, -0.05) is 32.4 Å². The molecule has 1 aromatic carbocycles. The third-order valence-corrected chi connectivity index (χ3v) is 5.18. The average Bonchev–Trinajstić information content (AvgIpc) is 2.29. The van der Waals surface area contributed by atoms with Gasteiger partial charge in [0, 0.05) is 15.2 Å². The smallest absolute Gasteiger partial charge is 0.339 e. The predicted octanol–water partition coefficient (Wildman–Crippen LogP) is 4.62. The fourth-order valence-electron chi connectivity index (χ4n) is 1.38. The lowest BCUT2D eigenvalue weighted by molar-refractivity contribution is 0.0464. The number of ether oxygens (including phenoxy) is 1.